The molecule has 1 rings (SSSR count). The minimum Gasteiger partial charge on any atom is -0.444 e. The number of ether oxygens (including phenoxy) is 1. The van der Waals surface area contributed by atoms with E-state index in [2.05, 4.69) is 12.2 Å². The van der Waals surface area contributed by atoms with Crippen LogP contribution in [0.4, 0.5) is 4.79 Å². The van der Waals surface area contributed by atoms with Gasteiger partial charge in [0, 0.05) is 25.7 Å². The zero-order valence-corrected chi connectivity index (χ0v) is 13.3. The normalized spacial score (nSPS) is 18.9. The van der Waals surface area contributed by atoms with Gasteiger partial charge in [0.15, 0.2) is 0 Å². The van der Waals surface area contributed by atoms with Crippen LogP contribution in [0.5, 0.6) is 0 Å². The summed E-state index contributed by atoms with van der Waals surface area (Å²) in [6.07, 6.45) is 3.19. The molecule has 1 heterocycles. The van der Waals surface area contributed by atoms with Gasteiger partial charge in [0.1, 0.15) is 5.60 Å². The number of nitrogens with zero attached hydrogens (tertiary/aromatic N) is 1. The predicted molar refractivity (Wildman–Crippen MR) is 79.7 cm³/mol. The van der Waals surface area contributed by atoms with E-state index >= 15 is 0 Å². The number of aliphatic hydroxyl groups excluding tert-OH is 1. The van der Waals surface area contributed by atoms with Crippen LogP contribution in [0.2, 0.25) is 0 Å². The Balaban J connectivity index is 2.24. The van der Waals surface area contributed by atoms with Gasteiger partial charge in [0.05, 0.1) is 6.10 Å². The van der Waals surface area contributed by atoms with Crippen LogP contribution in [0.3, 0.4) is 0 Å². The Morgan fingerprint density at radius 2 is 2.00 bits per heavy atom. The van der Waals surface area contributed by atoms with Crippen molar-refractivity contribution in [1.29, 1.82) is 0 Å². The van der Waals surface area contributed by atoms with Crippen molar-refractivity contribution in [3.05, 3.63) is 0 Å². The highest BCUT2D eigenvalue weighted by molar-refractivity contribution is 5.68. The van der Waals surface area contributed by atoms with E-state index in [4.69, 9.17) is 4.74 Å². The van der Waals surface area contributed by atoms with Crippen molar-refractivity contribution in [2.75, 3.05) is 19.6 Å². The fraction of sp³-hybridized carbons (Fsp3) is 0.933. The first kappa shape index (κ1) is 17.2. The number of likely N-dealkylation sites (tertiary alicyclic amines) is 1. The van der Waals surface area contributed by atoms with Crippen LogP contribution in [0.25, 0.3) is 0 Å². The van der Waals surface area contributed by atoms with Crippen LogP contribution in [-0.2, 0) is 4.74 Å². The largest absolute Gasteiger partial charge is 0.444 e. The number of amides is 1. The third-order valence-corrected chi connectivity index (χ3v) is 3.41. The molecule has 0 aromatic heterocycles. The summed E-state index contributed by atoms with van der Waals surface area (Å²) in [5.74, 6) is 0. The van der Waals surface area contributed by atoms with Crippen LogP contribution in [0.15, 0.2) is 0 Å². The molecule has 0 bridgehead atoms. The van der Waals surface area contributed by atoms with Gasteiger partial charge in [-0.1, -0.05) is 13.3 Å². The Morgan fingerprint density at radius 3 is 2.50 bits per heavy atom. The zero-order chi connectivity index (χ0) is 15.2. The van der Waals surface area contributed by atoms with E-state index in [1.807, 2.05) is 20.8 Å². The molecule has 1 amide bonds. The van der Waals surface area contributed by atoms with Gasteiger partial charge in [-0.05, 0) is 40.0 Å². The molecule has 1 aliphatic heterocycles. The molecule has 1 unspecified atom stereocenters. The molecule has 5 nitrogen and oxygen atoms in total. The van der Waals surface area contributed by atoms with E-state index < -0.39 is 5.60 Å². The summed E-state index contributed by atoms with van der Waals surface area (Å²) in [5, 5.41) is 13.1. The average Bonchev–Trinajstić information content (AvgIpc) is 2.35. The Kier molecular flexibility index (Phi) is 6.76. The number of hydrogen-bond donors (Lipinski definition) is 2. The van der Waals surface area contributed by atoms with E-state index in [1.165, 1.54) is 0 Å². The molecule has 0 radical (unpaired) electrons. The second-order valence-electron chi connectivity index (χ2n) is 6.59. The van der Waals surface area contributed by atoms with Gasteiger partial charge < -0.3 is 20.1 Å². The Hall–Kier alpha value is -0.810. The number of carbonyl (C=O) groups excluding carboxylic acids is 1. The van der Waals surface area contributed by atoms with Gasteiger partial charge in [-0.15, -0.1) is 0 Å². The van der Waals surface area contributed by atoms with Crippen LogP contribution in [0, 0.1) is 0 Å². The van der Waals surface area contributed by atoms with E-state index in [1.54, 1.807) is 4.90 Å². The topological polar surface area (TPSA) is 61.8 Å². The maximum Gasteiger partial charge on any atom is 0.410 e. The quantitative estimate of drug-likeness (QED) is 0.813. The molecule has 1 atom stereocenters. The van der Waals surface area contributed by atoms with Gasteiger partial charge in [-0.25, -0.2) is 4.79 Å². The first-order valence-corrected chi connectivity index (χ1v) is 7.71. The van der Waals surface area contributed by atoms with E-state index in [-0.39, 0.29) is 12.2 Å². The molecule has 0 aromatic carbocycles. The molecule has 1 aliphatic rings. The predicted octanol–water partition coefficient (Wildman–Crippen LogP) is 2.14. The Morgan fingerprint density at radius 1 is 1.40 bits per heavy atom. The van der Waals surface area contributed by atoms with Crippen LogP contribution < -0.4 is 5.32 Å². The highest BCUT2D eigenvalue weighted by Gasteiger charge is 2.26. The monoisotopic (exact) mass is 286 g/mol. The maximum absolute atomic E-state index is 11.9. The Labute approximate surface area is 122 Å². The molecule has 1 saturated heterocycles. The number of aliphatic hydroxyl groups is 1. The van der Waals surface area contributed by atoms with Gasteiger partial charge in [-0.3, -0.25) is 0 Å². The lowest BCUT2D eigenvalue weighted by Gasteiger charge is -2.34. The van der Waals surface area contributed by atoms with Crippen molar-refractivity contribution >= 4 is 6.09 Å². The molecule has 0 saturated carbocycles. The molecule has 20 heavy (non-hydrogen) atoms. The van der Waals surface area contributed by atoms with E-state index in [0.717, 1.165) is 38.8 Å². The third kappa shape index (κ3) is 6.57. The molecule has 0 aliphatic carbocycles. The summed E-state index contributed by atoms with van der Waals surface area (Å²) in [4.78, 5) is 13.7. The standard InChI is InChI=1S/C15H30N2O3/c1-5-6-13(18)11-16-12-7-9-17(10-8-12)14(19)20-15(2,3)4/h12-13,16,18H,5-11H2,1-4H3. The van der Waals surface area contributed by atoms with E-state index in [9.17, 15) is 9.90 Å². The number of piperidine rings is 1. The fourth-order valence-corrected chi connectivity index (χ4v) is 2.33. The van der Waals surface area contributed by atoms with Gasteiger partial charge in [0.2, 0.25) is 0 Å². The van der Waals surface area contributed by atoms with Crippen molar-refractivity contribution in [3.8, 4) is 0 Å². The summed E-state index contributed by atoms with van der Waals surface area (Å²) in [7, 11) is 0. The lowest BCUT2D eigenvalue weighted by atomic mass is 10.0. The number of rotatable bonds is 5. The second kappa shape index (κ2) is 7.84. The smallest absolute Gasteiger partial charge is 0.410 e. The summed E-state index contributed by atoms with van der Waals surface area (Å²) in [6.45, 7) is 9.80. The van der Waals surface area contributed by atoms with Gasteiger partial charge >= 0.3 is 6.09 Å². The van der Waals surface area contributed by atoms with Crippen molar-refractivity contribution in [2.45, 2.75) is 71.1 Å². The highest BCUT2D eigenvalue weighted by atomic mass is 16.6. The first-order valence-electron chi connectivity index (χ1n) is 7.71. The molecular weight excluding hydrogens is 256 g/mol. The molecule has 118 valence electrons. The summed E-state index contributed by atoms with van der Waals surface area (Å²) < 4.78 is 5.37. The zero-order valence-electron chi connectivity index (χ0n) is 13.3. The van der Waals surface area contributed by atoms with E-state index in [0.29, 0.717) is 12.6 Å². The molecule has 0 aromatic rings. The SMILES string of the molecule is CCCC(O)CNC1CCN(C(=O)OC(C)(C)C)CC1. The number of nitrogens with one attached hydrogen (secondary N) is 1. The molecule has 1 fully saturated rings. The fourth-order valence-electron chi connectivity index (χ4n) is 2.33. The van der Waals surface area contributed by atoms with Gasteiger partial charge in [0.25, 0.3) is 0 Å². The lowest BCUT2D eigenvalue weighted by Crippen LogP contribution is -2.47. The summed E-state index contributed by atoms with van der Waals surface area (Å²) in [6, 6.07) is 0.389. The number of hydrogen-bond acceptors (Lipinski definition) is 4. The molecule has 0 spiro atoms. The van der Waals surface area contributed by atoms with Crippen molar-refractivity contribution < 1.29 is 14.6 Å². The van der Waals surface area contributed by atoms with Crippen LogP contribution in [-0.4, -0.2) is 53.5 Å². The van der Waals surface area contributed by atoms with Crippen LogP contribution in [0.1, 0.15) is 53.4 Å². The Bertz CT molecular complexity index is 294. The minimum absolute atomic E-state index is 0.220. The van der Waals surface area contributed by atoms with Crippen LogP contribution >= 0.6 is 0 Å². The molecular formula is C15H30N2O3. The van der Waals surface area contributed by atoms with Crippen molar-refractivity contribution in [3.63, 3.8) is 0 Å². The lowest BCUT2D eigenvalue weighted by molar-refractivity contribution is 0.0194. The van der Waals surface area contributed by atoms with Crippen molar-refractivity contribution in [2.24, 2.45) is 0 Å². The van der Waals surface area contributed by atoms with Crippen molar-refractivity contribution in [1.82, 2.24) is 10.2 Å². The average molecular weight is 286 g/mol. The summed E-state index contributed by atoms with van der Waals surface area (Å²) in [5.41, 5.74) is -0.434. The summed E-state index contributed by atoms with van der Waals surface area (Å²) >= 11 is 0. The minimum atomic E-state index is -0.434. The van der Waals surface area contributed by atoms with Gasteiger partial charge in [-0.2, -0.15) is 0 Å². The number of carbonyl (C=O) groups is 1. The highest BCUT2D eigenvalue weighted by Crippen LogP contribution is 2.15. The molecule has 5 heteroatoms. The second-order valence-corrected chi connectivity index (χ2v) is 6.59. The maximum atomic E-state index is 11.9. The third-order valence-electron chi connectivity index (χ3n) is 3.41. The first-order chi connectivity index (χ1) is 9.31. The molecule has 2 N–H and O–H groups in total.